The van der Waals surface area contributed by atoms with Crippen LogP contribution in [0.1, 0.15) is 5.56 Å². The zero-order valence-corrected chi connectivity index (χ0v) is 19.7. The fourth-order valence-corrected chi connectivity index (χ4v) is 4.35. The summed E-state index contributed by atoms with van der Waals surface area (Å²) in [4.78, 5) is 0. The Balaban J connectivity index is 1.76. The first kappa shape index (κ1) is 26.9. The molecule has 33 heavy (non-hydrogen) atoms. The molecule has 0 spiro atoms. The zero-order chi connectivity index (χ0) is 24.6. The molecule has 14 heteroatoms. The highest BCUT2D eigenvalue weighted by Crippen LogP contribution is 2.48. The van der Waals surface area contributed by atoms with E-state index in [2.05, 4.69) is 0 Å². The monoisotopic (exact) mass is 534 g/mol. The molecule has 0 unspecified atom stereocenters. The van der Waals surface area contributed by atoms with Crippen LogP contribution in [0.4, 0.5) is 0 Å². The summed E-state index contributed by atoms with van der Waals surface area (Å²) in [6, 6.07) is 0. The first-order chi connectivity index (χ1) is 15.5. The lowest BCUT2D eigenvalue weighted by Gasteiger charge is -2.41. The van der Waals surface area contributed by atoms with Gasteiger partial charge in [0.1, 0.15) is 47.8 Å². The fourth-order valence-electron chi connectivity index (χ4n) is 3.40. The molecule has 1 aromatic carbocycles. The number of rotatable bonds is 6. The Morgan fingerprint density at radius 2 is 1.42 bits per heavy atom. The Morgan fingerprint density at radius 3 is 2.06 bits per heavy atom. The minimum atomic E-state index is -1.71. The third kappa shape index (κ3) is 5.30. The van der Waals surface area contributed by atoms with Gasteiger partial charge in [0.25, 0.3) is 0 Å². The third-order valence-electron chi connectivity index (χ3n) is 5.44. The highest BCUT2D eigenvalue weighted by Gasteiger charge is 2.47. The minimum Gasteiger partial charge on any atom is -0.493 e. The molecule has 2 heterocycles. The van der Waals surface area contributed by atoms with Gasteiger partial charge in [-0.05, 0) is 12.5 Å². The molecule has 0 aliphatic carbocycles. The smallest absolute Gasteiger partial charge is 0.229 e. The Morgan fingerprint density at radius 1 is 0.818 bits per heavy atom. The van der Waals surface area contributed by atoms with E-state index in [1.54, 1.807) is 6.92 Å². The van der Waals surface area contributed by atoms with Crippen molar-refractivity contribution in [3.05, 3.63) is 20.6 Å². The molecule has 0 saturated carbocycles. The van der Waals surface area contributed by atoms with Gasteiger partial charge < -0.3 is 54.3 Å². The molecule has 0 amide bonds. The molecule has 188 valence electrons. The summed E-state index contributed by atoms with van der Waals surface area (Å²) in [6.07, 6.45) is -13.5. The molecule has 0 bridgehead atoms. The predicted octanol–water partition coefficient (Wildman–Crippen LogP) is -0.394. The van der Waals surface area contributed by atoms with E-state index in [4.69, 9.17) is 58.5 Å². The summed E-state index contributed by atoms with van der Waals surface area (Å²) < 4.78 is 26.9. The standard InChI is InChI=1S/C19H25Cl3O11/c1-5-8(20)16(29-2)10(22)17(9(5)21)33-19-15(28)13(26)12(25)7(32-19)4-31-18-14(27)11(24)6(23)3-30-18/h6-7,11-15,18-19,23-28H,3-4H2,1-2H3/t6-,7-,11+,12-,13+,14-,15-,18+,19+/m1/s1. The van der Waals surface area contributed by atoms with Crippen LogP contribution in [0.25, 0.3) is 0 Å². The molecule has 2 aliphatic heterocycles. The molecule has 11 nitrogen and oxygen atoms in total. The molecule has 1 aromatic rings. The lowest BCUT2D eigenvalue weighted by molar-refractivity contribution is -0.307. The van der Waals surface area contributed by atoms with Gasteiger partial charge in [-0.3, -0.25) is 0 Å². The molecule has 2 aliphatic rings. The van der Waals surface area contributed by atoms with Gasteiger partial charge in [-0.2, -0.15) is 0 Å². The quantitative estimate of drug-likeness (QED) is 0.281. The summed E-state index contributed by atoms with van der Waals surface area (Å²) in [7, 11) is 1.33. The van der Waals surface area contributed by atoms with Crippen molar-refractivity contribution in [1.82, 2.24) is 0 Å². The van der Waals surface area contributed by atoms with Gasteiger partial charge in [-0.1, -0.05) is 34.8 Å². The SMILES string of the molecule is COc1c(Cl)c(C)c(Cl)c(O[C@@H]2O[C@H](CO[C@@H]3OC[C@@H](O)[C@H](O)[C@H]3O)[C@@H](O)[C@H](O)[C@H]2O)c1Cl. The second-order valence-electron chi connectivity index (χ2n) is 7.65. The number of aliphatic hydroxyl groups is 6. The van der Waals surface area contributed by atoms with Crippen molar-refractivity contribution >= 4 is 34.8 Å². The molecule has 2 saturated heterocycles. The Kier molecular flexibility index (Phi) is 8.93. The molecular formula is C19H25Cl3O11. The summed E-state index contributed by atoms with van der Waals surface area (Å²) >= 11 is 18.8. The van der Waals surface area contributed by atoms with Crippen LogP contribution in [0.5, 0.6) is 11.5 Å². The fraction of sp³-hybridized carbons (Fsp3) is 0.684. The van der Waals surface area contributed by atoms with E-state index in [0.29, 0.717) is 5.56 Å². The van der Waals surface area contributed by atoms with Gasteiger partial charge in [-0.25, -0.2) is 0 Å². The van der Waals surface area contributed by atoms with E-state index in [9.17, 15) is 30.6 Å². The molecule has 3 rings (SSSR count). The van der Waals surface area contributed by atoms with Crippen molar-refractivity contribution < 1.29 is 54.3 Å². The number of hydrogen-bond acceptors (Lipinski definition) is 11. The van der Waals surface area contributed by atoms with Crippen LogP contribution < -0.4 is 9.47 Å². The topological polar surface area (TPSA) is 168 Å². The van der Waals surface area contributed by atoms with Crippen LogP contribution >= 0.6 is 34.8 Å². The van der Waals surface area contributed by atoms with Crippen molar-refractivity contribution in [2.45, 2.75) is 62.2 Å². The van der Waals surface area contributed by atoms with Crippen molar-refractivity contribution in [2.24, 2.45) is 0 Å². The number of hydrogen-bond donors (Lipinski definition) is 6. The molecule has 0 radical (unpaired) electrons. The van der Waals surface area contributed by atoms with Crippen LogP contribution in [0.3, 0.4) is 0 Å². The van der Waals surface area contributed by atoms with Crippen LogP contribution in [-0.2, 0) is 14.2 Å². The van der Waals surface area contributed by atoms with Crippen molar-refractivity contribution in [3.8, 4) is 11.5 Å². The zero-order valence-electron chi connectivity index (χ0n) is 17.5. The van der Waals surface area contributed by atoms with Crippen LogP contribution in [-0.4, -0.2) is 106 Å². The van der Waals surface area contributed by atoms with E-state index in [0.717, 1.165) is 0 Å². The summed E-state index contributed by atoms with van der Waals surface area (Å²) in [5.41, 5.74) is 0.379. The van der Waals surface area contributed by atoms with Crippen molar-refractivity contribution in [3.63, 3.8) is 0 Å². The van der Waals surface area contributed by atoms with Gasteiger partial charge in [0.2, 0.25) is 6.29 Å². The van der Waals surface area contributed by atoms with Gasteiger partial charge in [0, 0.05) is 0 Å². The van der Waals surface area contributed by atoms with Crippen LogP contribution in [0.15, 0.2) is 0 Å². The molecule has 9 atom stereocenters. The van der Waals surface area contributed by atoms with E-state index in [-0.39, 0.29) is 33.2 Å². The average molecular weight is 536 g/mol. The van der Waals surface area contributed by atoms with E-state index in [1.807, 2.05) is 0 Å². The van der Waals surface area contributed by atoms with Crippen LogP contribution in [0.2, 0.25) is 15.1 Å². The number of aliphatic hydroxyl groups excluding tert-OH is 6. The normalized spacial score (nSPS) is 37.1. The van der Waals surface area contributed by atoms with Gasteiger partial charge in [-0.15, -0.1) is 0 Å². The summed E-state index contributed by atoms with van der Waals surface area (Å²) in [5.74, 6) is -0.0577. The minimum absolute atomic E-state index is 0.0151. The van der Waals surface area contributed by atoms with Crippen molar-refractivity contribution in [1.29, 1.82) is 0 Å². The van der Waals surface area contributed by atoms with Crippen molar-refractivity contribution in [2.75, 3.05) is 20.3 Å². The maximum Gasteiger partial charge on any atom is 0.229 e. The van der Waals surface area contributed by atoms with E-state index >= 15 is 0 Å². The first-order valence-electron chi connectivity index (χ1n) is 9.84. The summed E-state index contributed by atoms with van der Waals surface area (Å²) in [5, 5.41) is 60.3. The largest absolute Gasteiger partial charge is 0.493 e. The van der Waals surface area contributed by atoms with Gasteiger partial charge in [0.05, 0.1) is 30.4 Å². The summed E-state index contributed by atoms with van der Waals surface area (Å²) in [6.45, 7) is 0.850. The molecule has 2 fully saturated rings. The maximum atomic E-state index is 10.4. The lowest BCUT2D eigenvalue weighted by atomic mass is 9.99. The van der Waals surface area contributed by atoms with E-state index < -0.39 is 61.9 Å². The number of methoxy groups -OCH3 is 1. The Hall–Kier alpha value is -0.670. The lowest BCUT2D eigenvalue weighted by Crippen LogP contribution is -2.61. The van der Waals surface area contributed by atoms with Crippen LogP contribution in [0, 0.1) is 6.92 Å². The average Bonchev–Trinajstić information content (AvgIpc) is 2.79. The number of ether oxygens (including phenoxy) is 5. The molecule has 0 aromatic heterocycles. The van der Waals surface area contributed by atoms with E-state index in [1.165, 1.54) is 7.11 Å². The Bertz CT molecular complexity index is 844. The second kappa shape index (κ2) is 10.9. The maximum absolute atomic E-state index is 10.4. The number of benzene rings is 1. The highest BCUT2D eigenvalue weighted by molar-refractivity contribution is 6.43. The number of halogens is 3. The molecule has 6 N–H and O–H groups in total. The second-order valence-corrected chi connectivity index (χ2v) is 8.78. The van der Waals surface area contributed by atoms with Gasteiger partial charge >= 0.3 is 0 Å². The molecular weight excluding hydrogens is 511 g/mol. The third-order valence-corrected chi connectivity index (χ3v) is 6.70. The first-order valence-corrected chi connectivity index (χ1v) is 11.0. The highest BCUT2D eigenvalue weighted by atomic mass is 35.5. The predicted molar refractivity (Wildman–Crippen MR) is 114 cm³/mol. The Labute approximate surface area is 203 Å². The van der Waals surface area contributed by atoms with Gasteiger partial charge in [0.15, 0.2) is 17.8 Å².